The van der Waals surface area contributed by atoms with E-state index in [9.17, 15) is 9.59 Å². The molecule has 26 heavy (non-hydrogen) atoms. The van der Waals surface area contributed by atoms with Crippen molar-refractivity contribution >= 4 is 22.8 Å². The van der Waals surface area contributed by atoms with Crippen LogP contribution < -0.4 is 5.32 Å². The lowest BCUT2D eigenvalue weighted by molar-refractivity contribution is -0.130. The monoisotopic (exact) mass is 354 g/mol. The molecule has 1 N–H and O–H groups in total. The van der Waals surface area contributed by atoms with Crippen LogP contribution >= 0.6 is 0 Å². The standard InChI is InChI=1S/C21H26N2O3/c1-13-17-11-7-8-12-18(17)22-14(2)19(13)21(25)26-15(3)20(24)23-16-9-5-4-6-10-16/h7-8,11-12,15-16H,4-6,9-10H2,1-3H3,(H,23,24)/t15-/m0/s1. The van der Waals surface area contributed by atoms with Crippen molar-refractivity contribution in [3.63, 3.8) is 0 Å². The van der Waals surface area contributed by atoms with Gasteiger partial charge in [-0.05, 0) is 45.2 Å². The molecule has 138 valence electrons. The Labute approximate surface area is 154 Å². The lowest BCUT2D eigenvalue weighted by Gasteiger charge is -2.24. The third kappa shape index (κ3) is 3.87. The van der Waals surface area contributed by atoms with Gasteiger partial charge in [0.15, 0.2) is 6.10 Å². The Hall–Kier alpha value is -2.43. The van der Waals surface area contributed by atoms with Crippen LogP contribution in [0.25, 0.3) is 10.9 Å². The second-order valence-electron chi connectivity index (χ2n) is 7.11. The SMILES string of the molecule is Cc1nc2ccccc2c(C)c1C(=O)O[C@@H](C)C(=O)NC1CCCCC1. The number of aromatic nitrogens is 1. The summed E-state index contributed by atoms with van der Waals surface area (Å²) in [5, 5.41) is 3.92. The van der Waals surface area contributed by atoms with Crippen molar-refractivity contribution in [1.29, 1.82) is 0 Å². The van der Waals surface area contributed by atoms with Crippen LogP contribution in [-0.2, 0) is 9.53 Å². The Kier molecular flexibility index (Phi) is 5.55. The van der Waals surface area contributed by atoms with E-state index in [2.05, 4.69) is 10.3 Å². The minimum Gasteiger partial charge on any atom is -0.449 e. The maximum Gasteiger partial charge on any atom is 0.341 e. The van der Waals surface area contributed by atoms with E-state index in [0.717, 1.165) is 42.1 Å². The fraction of sp³-hybridized carbons (Fsp3) is 0.476. The molecular weight excluding hydrogens is 328 g/mol. The first-order chi connectivity index (χ1) is 12.5. The number of carbonyl (C=O) groups excluding carboxylic acids is 2. The maximum atomic E-state index is 12.7. The zero-order valence-corrected chi connectivity index (χ0v) is 15.7. The molecule has 1 heterocycles. The van der Waals surface area contributed by atoms with Crippen LogP contribution in [0, 0.1) is 13.8 Å². The highest BCUT2D eigenvalue weighted by atomic mass is 16.5. The number of nitrogens with one attached hydrogen (secondary N) is 1. The topological polar surface area (TPSA) is 68.3 Å². The molecule has 1 amide bonds. The molecule has 5 heteroatoms. The van der Waals surface area contributed by atoms with Crippen molar-refractivity contribution in [1.82, 2.24) is 10.3 Å². The van der Waals surface area contributed by atoms with Gasteiger partial charge >= 0.3 is 5.97 Å². The van der Waals surface area contributed by atoms with Crippen LogP contribution in [0.4, 0.5) is 0 Å². The molecule has 1 aliphatic rings. The van der Waals surface area contributed by atoms with Gasteiger partial charge in [0.1, 0.15) is 0 Å². The molecule has 1 fully saturated rings. The maximum absolute atomic E-state index is 12.7. The summed E-state index contributed by atoms with van der Waals surface area (Å²) in [4.78, 5) is 29.6. The third-order valence-electron chi connectivity index (χ3n) is 5.14. The summed E-state index contributed by atoms with van der Waals surface area (Å²) in [7, 11) is 0. The Morgan fingerprint density at radius 2 is 1.85 bits per heavy atom. The number of fused-ring (bicyclic) bond motifs is 1. The second kappa shape index (κ2) is 7.85. The molecule has 0 unspecified atom stereocenters. The molecule has 5 nitrogen and oxygen atoms in total. The van der Waals surface area contributed by atoms with Crippen molar-refractivity contribution in [2.24, 2.45) is 0 Å². The van der Waals surface area contributed by atoms with Crippen LogP contribution in [0.3, 0.4) is 0 Å². The minimum absolute atomic E-state index is 0.197. The van der Waals surface area contributed by atoms with E-state index in [1.54, 1.807) is 13.8 Å². The second-order valence-corrected chi connectivity index (χ2v) is 7.11. The number of hydrogen-bond donors (Lipinski definition) is 1. The van der Waals surface area contributed by atoms with E-state index < -0.39 is 12.1 Å². The van der Waals surface area contributed by atoms with Gasteiger partial charge in [-0.15, -0.1) is 0 Å². The Balaban J connectivity index is 1.73. The largest absolute Gasteiger partial charge is 0.449 e. The normalized spacial score (nSPS) is 16.3. The molecule has 3 rings (SSSR count). The van der Waals surface area contributed by atoms with E-state index >= 15 is 0 Å². The summed E-state index contributed by atoms with van der Waals surface area (Å²) in [6.07, 6.45) is 4.68. The van der Waals surface area contributed by atoms with E-state index in [4.69, 9.17) is 4.74 Å². The molecule has 0 aliphatic heterocycles. The summed E-state index contributed by atoms with van der Waals surface area (Å²) in [6.45, 7) is 5.30. The highest BCUT2D eigenvalue weighted by Gasteiger charge is 2.25. The summed E-state index contributed by atoms with van der Waals surface area (Å²) >= 11 is 0. The molecule has 0 saturated heterocycles. The number of amides is 1. The molecule has 1 aliphatic carbocycles. The Bertz CT molecular complexity index is 825. The van der Waals surface area contributed by atoms with Crippen LogP contribution in [0.1, 0.15) is 60.6 Å². The van der Waals surface area contributed by atoms with Crippen LogP contribution in [0.5, 0.6) is 0 Å². The molecule has 0 radical (unpaired) electrons. The number of rotatable bonds is 4. The van der Waals surface area contributed by atoms with Crippen LogP contribution in [-0.4, -0.2) is 29.0 Å². The van der Waals surface area contributed by atoms with Crippen LogP contribution in [0.15, 0.2) is 24.3 Å². The number of pyridine rings is 1. The van der Waals surface area contributed by atoms with E-state index in [-0.39, 0.29) is 11.9 Å². The summed E-state index contributed by atoms with van der Waals surface area (Å²) in [5.41, 5.74) is 2.74. The number of ether oxygens (including phenoxy) is 1. The molecule has 1 aromatic carbocycles. The molecular formula is C21H26N2O3. The lowest BCUT2D eigenvalue weighted by atomic mass is 9.95. The number of hydrogen-bond acceptors (Lipinski definition) is 4. The molecule has 0 spiro atoms. The first-order valence-corrected chi connectivity index (χ1v) is 9.34. The molecule has 0 bridgehead atoms. The third-order valence-corrected chi connectivity index (χ3v) is 5.14. The average Bonchev–Trinajstić information content (AvgIpc) is 2.62. The summed E-state index contributed by atoms with van der Waals surface area (Å²) in [6, 6.07) is 7.90. The first-order valence-electron chi connectivity index (χ1n) is 9.34. The average molecular weight is 354 g/mol. The first kappa shape index (κ1) is 18.4. The van der Waals surface area contributed by atoms with Crippen molar-refractivity contribution in [3.05, 3.63) is 41.1 Å². The minimum atomic E-state index is -0.824. The quantitative estimate of drug-likeness (QED) is 0.847. The van der Waals surface area contributed by atoms with Gasteiger partial charge in [-0.25, -0.2) is 4.79 Å². The fourth-order valence-corrected chi connectivity index (χ4v) is 3.67. The molecule has 2 aromatic rings. The van der Waals surface area contributed by atoms with Crippen LogP contribution in [0.2, 0.25) is 0 Å². The van der Waals surface area contributed by atoms with E-state index in [1.165, 1.54) is 6.42 Å². The van der Waals surface area contributed by atoms with E-state index in [0.29, 0.717) is 11.3 Å². The van der Waals surface area contributed by atoms with Crippen molar-refractivity contribution in [3.8, 4) is 0 Å². The van der Waals surface area contributed by atoms with Crippen molar-refractivity contribution in [2.45, 2.75) is 65.0 Å². The van der Waals surface area contributed by atoms with Crippen molar-refractivity contribution < 1.29 is 14.3 Å². The number of carbonyl (C=O) groups is 2. The smallest absolute Gasteiger partial charge is 0.341 e. The molecule has 1 aromatic heterocycles. The summed E-state index contributed by atoms with van der Waals surface area (Å²) in [5.74, 6) is -0.723. The highest BCUT2D eigenvalue weighted by molar-refractivity contribution is 5.99. The molecule has 1 saturated carbocycles. The van der Waals surface area contributed by atoms with Gasteiger partial charge < -0.3 is 10.1 Å². The highest BCUT2D eigenvalue weighted by Crippen LogP contribution is 2.23. The summed E-state index contributed by atoms with van der Waals surface area (Å²) < 4.78 is 5.46. The predicted octanol–water partition coefficient (Wildman–Crippen LogP) is 3.85. The van der Waals surface area contributed by atoms with Crippen molar-refractivity contribution in [2.75, 3.05) is 0 Å². The van der Waals surface area contributed by atoms with Gasteiger partial charge in [0.05, 0.1) is 16.8 Å². The fourth-order valence-electron chi connectivity index (χ4n) is 3.67. The zero-order chi connectivity index (χ0) is 18.7. The Morgan fingerprint density at radius 1 is 1.15 bits per heavy atom. The number of benzene rings is 1. The number of nitrogens with zero attached hydrogens (tertiary/aromatic N) is 1. The lowest BCUT2D eigenvalue weighted by Crippen LogP contribution is -2.42. The Morgan fingerprint density at radius 3 is 2.58 bits per heavy atom. The number of aryl methyl sites for hydroxylation is 2. The molecule has 1 atom stereocenters. The van der Waals surface area contributed by atoms with Gasteiger partial charge in [-0.3, -0.25) is 9.78 Å². The van der Waals surface area contributed by atoms with E-state index in [1.807, 2.05) is 31.2 Å². The van der Waals surface area contributed by atoms with Gasteiger partial charge in [0, 0.05) is 11.4 Å². The van der Waals surface area contributed by atoms with Gasteiger partial charge in [0.2, 0.25) is 0 Å². The number of esters is 1. The van der Waals surface area contributed by atoms with Gasteiger partial charge in [-0.1, -0.05) is 37.5 Å². The zero-order valence-electron chi connectivity index (χ0n) is 15.7. The van der Waals surface area contributed by atoms with Gasteiger partial charge in [-0.2, -0.15) is 0 Å². The van der Waals surface area contributed by atoms with Gasteiger partial charge in [0.25, 0.3) is 5.91 Å². The number of para-hydroxylation sites is 1. The predicted molar refractivity (Wildman–Crippen MR) is 101 cm³/mol.